The van der Waals surface area contributed by atoms with Gasteiger partial charge in [-0.2, -0.15) is 0 Å². The van der Waals surface area contributed by atoms with Crippen molar-refractivity contribution in [3.63, 3.8) is 0 Å². The quantitative estimate of drug-likeness (QED) is 0.592. The largest absolute Gasteiger partial charge is 0.371 e. The van der Waals surface area contributed by atoms with Crippen LogP contribution in [0.1, 0.15) is 12.8 Å². The standard InChI is InChI=1S/C8H13NO3/c10-8(7-2-1-3-11-7)9-4-6-5-12-6/h6-7H,1-5H2,(H,9,10)/t6-,7+/m1/s1. The fourth-order valence-corrected chi connectivity index (χ4v) is 1.30. The Morgan fingerprint density at radius 1 is 1.50 bits per heavy atom. The summed E-state index contributed by atoms with van der Waals surface area (Å²) < 4.78 is 10.2. The Morgan fingerprint density at radius 2 is 2.33 bits per heavy atom. The minimum atomic E-state index is -0.205. The van der Waals surface area contributed by atoms with Crippen molar-refractivity contribution in [1.82, 2.24) is 5.32 Å². The van der Waals surface area contributed by atoms with Crippen LogP contribution in [-0.2, 0) is 14.3 Å². The molecular weight excluding hydrogens is 158 g/mol. The molecule has 0 aromatic carbocycles. The molecule has 0 aliphatic carbocycles. The van der Waals surface area contributed by atoms with Gasteiger partial charge in [0.25, 0.3) is 0 Å². The summed E-state index contributed by atoms with van der Waals surface area (Å²) >= 11 is 0. The van der Waals surface area contributed by atoms with E-state index in [4.69, 9.17) is 9.47 Å². The molecule has 2 fully saturated rings. The van der Waals surface area contributed by atoms with Crippen molar-refractivity contribution in [2.75, 3.05) is 19.8 Å². The van der Waals surface area contributed by atoms with Gasteiger partial charge in [-0.25, -0.2) is 0 Å². The van der Waals surface area contributed by atoms with Gasteiger partial charge in [0.05, 0.1) is 12.7 Å². The summed E-state index contributed by atoms with van der Waals surface area (Å²) in [4.78, 5) is 11.3. The number of carbonyl (C=O) groups excluding carboxylic acids is 1. The Morgan fingerprint density at radius 3 is 2.92 bits per heavy atom. The maximum atomic E-state index is 11.3. The number of epoxide rings is 1. The van der Waals surface area contributed by atoms with Crippen molar-refractivity contribution >= 4 is 5.91 Å². The van der Waals surface area contributed by atoms with Crippen LogP contribution in [0.25, 0.3) is 0 Å². The molecule has 2 aliphatic heterocycles. The Labute approximate surface area is 71.2 Å². The SMILES string of the molecule is O=C(NC[C@@H]1CO1)[C@@H]1CCCO1. The molecule has 2 rings (SSSR count). The lowest BCUT2D eigenvalue weighted by Crippen LogP contribution is -2.36. The predicted molar refractivity (Wildman–Crippen MR) is 41.7 cm³/mol. The van der Waals surface area contributed by atoms with Crippen LogP contribution in [0.15, 0.2) is 0 Å². The van der Waals surface area contributed by atoms with Gasteiger partial charge in [-0.15, -0.1) is 0 Å². The third kappa shape index (κ3) is 1.95. The summed E-state index contributed by atoms with van der Waals surface area (Å²) in [6.07, 6.45) is 1.91. The van der Waals surface area contributed by atoms with Crippen LogP contribution in [0.5, 0.6) is 0 Å². The van der Waals surface area contributed by atoms with Crippen LogP contribution in [0.3, 0.4) is 0 Å². The zero-order chi connectivity index (χ0) is 8.39. The van der Waals surface area contributed by atoms with Crippen LogP contribution >= 0.6 is 0 Å². The molecule has 0 unspecified atom stereocenters. The lowest BCUT2D eigenvalue weighted by atomic mass is 10.2. The zero-order valence-electron chi connectivity index (χ0n) is 6.91. The first-order valence-electron chi connectivity index (χ1n) is 4.37. The van der Waals surface area contributed by atoms with E-state index in [2.05, 4.69) is 5.32 Å². The van der Waals surface area contributed by atoms with E-state index in [0.717, 1.165) is 26.1 Å². The van der Waals surface area contributed by atoms with Crippen molar-refractivity contribution in [3.8, 4) is 0 Å². The predicted octanol–water partition coefficient (Wildman–Crippen LogP) is -0.320. The van der Waals surface area contributed by atoms with Crippen LogP contribution in [-0.4, -0.2) is 37.9 Å². The van der Waals surface area contributed by atoms with Gasteiger partial charge >= 0.3 is 0 Å². The second kappa shape index (κ2) is 3.41. The molecule has 2 aliphatic rings. The first-order chi connectivity index (χ1) is 5.86. The highest BCUT2D eigenvalue weighted by molar-refractivity contribution is 5.80. The van der Waals surface area contributed by atoms with Crippen LogP contribution < -0.4 is 5.32 Å². The lowest BCUT2D eigenvalue weighted by molar-refractivity contribution is -0.130. The lowest BCUT2D eigenvalue weighted by Gasteiger charge is -2.08. The second-order valence-corrected chi connectivity index (χ2v) is 3.20. The highest BCUT2D eigenvalue weighted by atomic mass is 16.6. The molecule has 0 bridgehead atoms. The van der Waals surface area contributed by atoms with Crippen molar-refractivity contribution in [1.29, 1.82) is 0 Å². The molecule has 4 heteroatoms. The number of hydrogen-bond donors (Lipinski definition) is 1. The third-order valence-corrected chi connectivity index (χ3v) is 2.13. The first kappa shape index (κ1) is 8.01. The Kier molecular flexibility index (Phi) is 2.28. The molecule has 12 heavy (non-hydrogen) atoms. The minimum absolute atomic E-state index is 0.0167. The van der Waals surface area contributed by atoms with E-state index >= 15 is 0 Å². The Hall–Kier alpha value is -0.610. The summed E-state index contributed by atoms with van der Waals surface area (Å²) in [5, 5.41) is 2.80. The normalized spacial score (nSPS) is 33.3. The van der Waals surface area contributed by atoms with Crippen LogP contribution in [0.4, 0.5) is 0 Å². The van der Waals surface area contributed by atoms with Gasteiger partial charge in [-0.3, -0.25) is 4.79 Å². The third-order valence-electron chi connectivity index (χ3n) is 2.13. The summed E-state index contributed by atoms with van der Waals surface area (Å²) in [5.74, 6) is 0.0167. The summed E-state index contributed by atoms with van der Waals surface area (Å²) in [6.45, 7) is 2.14. The minimum Gasteiger partial charge on any atom is -0.371 e. The summed E-state index contributed by atoms with van der Waals surface area (Å²) in [6, 6.07) is 0. The molecule has 0 radical (unpaired) electrons. The van der Waals surface area contributed by atoms with E-state index in [1.54, 1.807) is 0 Å². The van der Waals surface area contributed by atoms with E-state index in [9.17, 15) is 4.79 Å². The summed E-state index contributed by atoms with van der Waals surface area (Å²) in [5.41, 5.74) is 0. The molecular formula is C8H13NO3. The van der Waals surface area contributed by atoms with Gasteiger partial charge in [0, 0.05) is 13.2 Å². The molecule has 4 nitrogen and oxygen atoms in total. The van der Waals surface area contributed by atoms with Crippen molar-refractivity contribution in [2.24, 2.45) is 0 Å². The average molecular weight is 171 g/mol. The van der Waals surface area contributed by atoms with E-state index in [1.165, 1.54) is 0 Å². The molecule has 0 spiro atoms. The van der Waals surface area contributed by atoms with E-state index in [-0.39, 0.29) is 18.1 Å². The summed E-state index contributed by atoms with van der Waals surface area (Å²) in [7, 11) is 0. The van der Waals surface area contributed by atoms with E-state index in [1.807, 2.05) is 0 Å². The van der Waals surface area contributed by atoms with Gasteiger partial charge in [-0.05, 0) is 12.8 Å². The maximum absolute atomic E-state index is 11.3. The second-order valence-electron chi connectivity index (χ2n) is 3.20. The average Bonchev–Trinajstić information content (AvgIpc) is 2.74. The first-order valence-corrected chi connectivity index (χ1v) is 4.37. The maximum Gasteiger partial charge on any atom is 0.249 e. The van der Waals surface area contributed by atoms with E-state index in [0.29, 0.717) is 6.54 Å². The molecule has 2 atom stereocenters. The number of carbonyl (C=O) groups is 1. The molecule has 68 valence electrons. The number of hydrogen-bond acceptors (Lipinski definition) is 3. The van der Waals surface area contributed by atoms with Crippen molar-refractivity contribution in [3.05, 3.63) is 0 Å². The number of amides is 1. The van der Waals surface area contributed by atoms with E-state index < -0.39 is 0 Å². The van der Waals surface area contributed by atoms with Gasteiger partial charge < -0.3 is 14.8 Å². The molecule has 2 saturated heterocycles. The van der Waals surface area contributed by atoms with Crippen molar-refractivity contribution < 1.29 is 14.3 Å². The smallest absolute Gasteiger partial charge is 0.249 e. The monoisotopic (exact) mass is 171 g/mol. The van der Waals surface area contributed by atoms with Gasteiger partial charge in [0.2, 0.25) is 5.91 Å². The molecule has 0 aromatic rings. The fraction of sp³-hybridized carbons (Fsp3) is 0.875. The van der Waals surface area contributed by atoms with Crippen molar-refractivity contribution in [2.45, 2.75) is 25.0 Å². The Bertz CT molecular complexity index is 173. The Balaban J connectivity index is 1.67. The number of ether oxygens (including phenoxy) is 2. The molecule has 2 heterocycles. The van der Waals surface area contributed by atoms with Gasteiger partial charge in [0.1, 0.15) is 6.10 Å². The van der Waals surface area contributed by atoms with Crippen LogP contribution in [0.2, 0.25) is 0 Å². The van der Waals surface area contributed by atoms with Crippen LogP contribution in [0, 0.1) is 0 Å². The zero-order valence-corrected chi connectivity index (χ0v) is 6.91. The fourth-order valence-electron chi connectivity index (χ4n) is 1.30. The highest BCUT2D eigenvalue weighted by Gasteiger charge is 2.27. The topological polar surface area (TPSA) is 50.9 Å². The molecule has 1 N–H and O–H groups in total. The number of rotatable bonds is 3. The van der Waals surface area contributed by atoms with Gasteiger partial charge in [0.15, 0.2) is 0 Å². The molecule has 1 amide bonds. The number of nitrogens with one attached hydrogen (secondary N) is 1. The van der Waals surface area contributed by atoms with Gasteiger partial charge in [-0.1, -0.05) is 0 Å². The molecule has 0 saturated carbocycles. The highest BCUT2D eigenvalue weighted by Crippen LogP contribution is 2.12. The molecule has 0 aromatic heterocycles.